The van der Waals surface area contributed by atoms with Gasteiger partial charge in [0.05, 0.1) is 0 Å². The second-order valence-electron chi connectivity index (χ2n) is 6.18. The van der Waals surface area contributed by atoms with Gasteiger partial charge in [-0.05, 0) is 74.0 Å². The summed E-state index contributed by atoms with van der Waals surface area (Å²) < 4.78 is 5.75. The van der Waals surface area contributed by atoms with E-state index in [9.17, 15) is 5.11 Å². The summed E-state index contributed by atoms with van der Waals surface area (Å²) in [6.45, 7) is 5.90. The van der Waals surface area contributed by atoms with Crippen molar-refractivity contribution in [3.8, 4) is 11.5 Å². The van der Waals surface area contributed by atoms with Crippen molar-refractivity contribution in [1.29, 1.82) is 0 Å². The number of hydrogen-bond acceptors (Lipinski definition) is 3. The molecule has 0 aliphatic carbocycles. The summed E-state index contributed by atoms with van der Waals surface area (Å²) in [7, 11) is 4.08. The van der Waals surface area contributed by atoms with E-state index in [4.69, 9.17) is 4.74 Å². The lowest BCUT2D eigenvalue weighted by Gasteiger charge is -2.13. The molecule has 2 rings (SSSR count). The average Bonchev–Trinajstić information content (AvgIpc) is 2.57. The number of phenolic OH excluding ortho intramolecular Hbond substituents is 1. The maximum atomic E-state index is 9.47. The molecule has 0 unspecified atom stereocenters. The minimum absolute atomic E-state index is 0.297. The lowest BCUT2D eigenvalue weighted by Crippen LogP contribution is -2.19. The zero-order chi connectivity index (χ0) is 17.5. The van der Waals surface area contributed by atoms with Gasteiger partial charge in [0.1, 0.15) is 18.1 Å². The molecule has 128 valence electrons. The number of nitrogens with zero attached hydrogens (tertiary/aromatic N) is 1. The molecule has 2 aromatic carbocycles. The molecule has 0 fully saturated rings. The van der Waals surface area contributed by atoms with E-state index in [2.05, 4.69) is 30.9 Å². The first-order valence-corrected chi connectivity index (χ1v) is 8.38. The number of phenols is 1. The summed E-state index contributed by atoms with van der Waals surface area (Å²) in [5.74, 6) is 1.20. The first-order valence-electron chi connectivity index (χ1n) is 8.38. The van der Waals surface area contributed by atoms with E-state index < -0.39 is 0 Å². The number of rotatable bonds is 7. The lowest BCUT2D eigenvalue weighted by molar-refractivity contribution is 0.261. The molecule has 3 heteroatoms. The molecule has 1 N–H and O–H groups in total. The SMILES string of the molecule is CC/C(=C(\C)c1ccc(OCCN(C)C)cc1)c1ccc(O)cc1. The molecule has 0 aliphatic heterocycles. The highest BCUT2D eigenvalue weighted by Crippen LogP contribution is 2.30. The fourth-order valence-corrected chi connectivity index (χ4v) is 2.67. The standard InChI is InChI=1S/C21H27NO2/c1-5-21(18-6-10-19(23)11-7-18)16(2)17-8-12-20(13-9-17)24-15-14-22(3)4/h6-13,23H,5,14-15H2,1-4H3/b21-16-. The summed E-state index contributed by atoms with van der Waals surface area (Å²) in [6, 6.07) is 15.7. The van der Waals surface area contributed by atoms with Crippen LogP contribution in [0, 0.1) is 0 Å². The number of allylic oxidation sites excluding steroid dienone is 2. The van der Waals surface area contributed by atoms with Crippen LogP contribution in [0.2, 0.25) is 0 Å². The molecule has 0 bridgehead atoms. The highest BCUT2D eigenvalue weighted by molar-refractivity contribution is 5.89. The molecule has 0 amide bonds. The smallest absolute Gasteiger partial charge is 0.119 e. The second kappa shape index (κ2) is 8.55. The Morgan fingerprint density at radius 1 is 0.958 bits per heavy atom. The summed E-state index contributed by atoms with van der Waals surface area (Å²) in [6.07, 6.45) is 0.942. The van der Waals surface area contributed by atoms with Crippen molar-refractivity contribution in [1.82, 2.24) is 4.90 Å². The van der Waals surface area contributed by atoms with Gasteiger partial charge in [-0.1, -0.05) is 31.2 Å². The molecular formula is C21H27NO2. The summed E-state index contributed by atoms with van der Waals surface area (Å²) >= 11 is 0. The molecule has 0 saturated carbocycles. The predicted molar refractivity (Wildman–Crippen MR) is 101 cm³/mol. The highest BCUT2D eigenvalue weighted by Gasteiger charge is 2.07. The lowest BCUT2D eigenvalue weighted by atomic mass is 9.94. The van der Waals surface area contributed by atoms with Crippen molar-refractivity contribution in [3.05, 3.63) is 59.7 Å². The predicted octanol–water partition coefficient (Wildman–Crippen LogP) is 4.67. The maximum Gasteiger partial charge on any atom is 0.119 e. The van der Waals surface area contributed by atoms with Crippen molar-refractivity contribution in [2.45, 2.75) is 20.3 Å². The molecular weight excluding hydrogens is 298 g/mol. The Morgan fingerprint density at radius 2 is 1.54 bits per heavy atom. The van der Waals surface area contributed by atoms with Crippen molar-refractivity contribution in [2.24, 2.45) is 0 Å². The van der Waals surface area contributed by atoms with Crippen LogP contribution in [0.4, 0.5) is 0 Å². The minimum Gasteiger partial charge on any atom is -0.508 e. The number of likely N-dealkylation sites (N-methyl/N-ethyl adjacent to an activating group) is 1. The third-order valence-corrected chi connectivity index (χ3v) is 4.12. The maximum absolute atomic E-state index is 9.47. The van der Waals surface area contributed by atoms with Gasteiger partial charge in [-0.2, -0.15) is 0 Å². The van der Waals surface area contributed by atoms with Crippen LogP contribution in [0.3, 0.4) is 0 Å². The number of hydrogen-bond donors (Lipinski definition) is 1. The van der Waals surface area contributed by atoms with Crippen molar-refractivity contribution < 1.29 is 9.84 Å². The molecule has 0 atom stereocenters. The molecule has 0 spiro atoms. The van der Waals surface area contributed by atoms with Crippen LogP contribution >= 0.6 is 0 Å². The molecule has 3 nitrogen and oxygen atoms in total. The van der Waals surface area contributed by atoms with Crippen LogP contribution in [0.15, 0.2) is 48.5 Å². The fourth-order valence-electron chi connectivity index (χ4n) is 2.67. The highest BCUT2D eigenvalue weighted by atomic mass is 16.5. The first kappa shape index (κ1) is 18.1. The molecule has 0 saturated heterocycles. The quantitative estimate of drug-likeness (QED) is 0.751. The van der Waals surface area contributed by atoms with E-state index in [-0.39, 0.29) is 0 Å². The largest absolute Gasteiger partial charge is 0.508 e. The monoisotopic (exact) mass is 325 g/mol. The molecule has 0 radical (unpaired) electrons. The third kappa shape index (κ3) is 4.87. The zero-order valence-electron chi connectivity index (χ0n) is 15.0. The van der Waals surface area contributed by atoms with Gasteiger partial charge in [0.15, 0.2) is 0 Å². The first-order chi connectivity index (χ1) is 11.5. The van der Waals surface area contributed by atoms with Crippen LogP contribution in [-0.2, 0) is 0 Å². The van der Waals surface area contributed by atoms with Crippen LogP contribution in [-0.4, -0.2) is 37.3 Å². The summed E-state index contributed by atoms with van der Waals surface area (Å²) in [5.41, 5.74) is 4.89. The molecule has 0 aliphatic rings. The van der Waals surface area contributed by atoms with Gasteiger partial charge in [0.2, 0.25) is 0 Å². The van der Waals surface area contributed by atoms with Crippen molar-refractivity contribution in [2.75, 3.05) is 27.2 Å². The van der Waals surface area contributed by atoms with Crippen LogP contribution in [0.5, 0.6) is 11.5 Å². The van der Waals surface area contributed by atoms with Crippen LogP contribution < -0.4 is 4.74 Å². The summed E-state index contributed by atoms with van der Waals surface area (Å²) in [4.78, 5) is 2.10. The van der Waals surface area contributed by atoms with Crippen LogP contribution in [0.1, 0.15) is 31.4 Å². The van der Waals surface area contributed by atoms with E-state index in [0.717, 1.165) is 24.3 Å². The number of aromatic hydroxyl groups is 1. The Bertz CT molecular complexity index is 670. The molecule has 24 heavy (non-hydrogen) atoms. The number of ether oxygens (including phenoxy) is 1. The Morgan fingerprint density at radius 3 is 2.08 bits per heavy atom. The Balaban J connectivity index is 2.17. The van der Waals surface area contributed by atoms with Gasteiger partial charge in [0.25, 0.3) is 0 Å². The fraction of sp³-hybridized carbons (Fsp3) is 0.333. The van der Waals surface area contributed by atoms with Crippen molar-refractivity contribution in [3.63, 3.8) is 0 Å². The van der Waals surface area contributed by atoms with Gasteiger partial charge < -0.3 is 14.7 Å². The van der Waals surface area contributed by atoms with E-state index in [0.29, 0.717) is 12.4 Å². The van der Waals surface area contributed by atoms with E-state index >= 15 is 0 Å². The molecule has 2 aromatic rings. The zero-order valence-corrected chi connectivity index (χ0v) is 15.0. The normalized spacial score (nSPS) is 12.2. The Hall–Kier alpha value is -2.26. The molecule has 0 aromatic heterocycles. The van der Waals surface area contributed by atoms with Crippen molar-refractivity contribution >= 4 is 11.1 Å². The summed E-state index contributed by atoms with van der Waals surface area (Å²) in [5, 5.41) is 9.47. The minimum atomic E-state index is 0.297. The van der Waals surface area contributed by atoms with Gasteiger partial charge >= 0.3 is 0 Å². The van der Waals surface area contributed by atoms with E-state index in [1.54, 1.807) is 12.1 Å². The Kier molecular flexibility index (Phi) is 6.44. The topological polar surface area (TPSA) is 32.7 Å². The Labute approximate surface area is 145 Å². The van der Waals surface area contributed by atoms with Gasteiger partial charge in [-0.25, -0.2) is 0 Å². The average molecular weight is 325 g/mol. The second-order valence-corrected chi connectivity index (χ2v) is 6.18. The van der Waals surface area contributed by atoms with Crippen LogP contribution in [0.25, 0.3) is 11.1 Å². The van der Waals surface area contributed by atoms with Gasteiger partial charge in [-0.3, -0.25) is 0 Å². The van der Waals surface area contributed by atoms with E-state index in [1.165, 1.54) is 16.7 Å². The van der Waals surface area contributed by atoms with Gasteiger partial charge in [-0.15, -0.1) is 0 Å². The number of benzene rings is 2. The third-order valence-electron chi connectivity index (χ3n) is 4.12. The van der Waals surface area contributed by atoms with Gasteiger partial charge in [0, 0.05) is 6.54 Å². The van der Waals surface area contributed by atoms with E-state index in [1.807, 2.05) is 38.4 Å². The molecule has 0 heterocycles.